The summed E-state index contributed by atoms with van der Waals surface area (Å²) in [5.41, 5.74) is 3.36. The predicted octanol–water partition coefficient (Wildman–Crippen LogP) is 4.85. The Hall–Kier alpha value is -3.64. The van der Waals surface area contributed by atoms with Gasteiger partial charge in [0.1, 0.15) is 6.04 Å². The van der Waals surface area contributed by atoms with E-state index < -0.39 is 6.04 Å². The molecule has 0 aliphatic carbocycles. The summed E-state index contributed by atoms with van der Waals surface area (Å²) in [7, 11) is 0. The molecule has 1 aliphatic heterocycles. The standard InChI is InChI=1S/C25H21ClN4O2/c26-18-10-12-19(13-11-18)27-24(32)22-16-23(31)29(15-14-17-6-2-1-3-7-17)25-28-20-8-4-5-9-21(20)30(22)25/h1-13,22H,14-16H2,(H,27,32)/t22-/m0/s1. The Kier molecular flexibility index (Phi) is 5.37. The van der Waals surface area contributed by atoms with Crippen molar-refractivity contribution in [3.8, 4) is 0 Å². The number of fused-ring (bicyclic) bond motifs is 3. The first kappa shape index (κ1) is 20.3. The lowest BCUT2D eigenvalue weighted by Crippen LogP contribution is -2.44. The van der Waals surface area contributed by atoms with Crippen LogP contribution in [0.2, 0.25) is 5.02 Å². The fraction of sp³-hybridized carbons (Fsp3) is 0.160. The third kappa shape index (κ3) is 3.85. The van der Waals surface area contributed by atoms with Gasteiger partial charge < -0.3 is 5.32 Å². The molecule has 0 bridgehead atoms. The van der Waals surface area contributed by atoms with Crippen molar-refractivity contribution in [3.63, 3.8) is 0 Å². The van der Waals surface area contributed by atoms with E-state index in [9.17, 15) is 9.59 Å². The van der Waals surface area contributed by atoms with Crippen LogP contribution in [0.1, 0.15) is 18.0 Å². The average molecular weight is 445 g/mol. The lowest BCUT2D eigenvalue weighted by Gasteiger charge is -2.32. The molecular formula is C25H21ClN4O2. The van der Waals surface area contributed by atoms with Crippen molar-refractivity contribution in [2.45, 2.75) is 18.9 Å². The minimum Gasteiger partial charge on any atom is -0.324 e. The molecule has 32 heavy (non-hydrogen) atoms. The van der Waals surface area contributed by atoms with Gasteiger partial charge in [-0.15, -0.1) is 0 Å². The Balaban J connectivity index is 1.49. The zero-order chi connectivity index (χ0) is 22.1. The highest BCUT2D eigenvalue weighted by atomic mass is 35.5. The second kappa shape index (κ2) is 8.48. The number of aromatic nitrogens is 2. The molecule has 1 N–H and O–H groups in total. The normalized spacial score (nSPS) is 15.6. The molecule has 160 valence electrons. The molecule has 0 radical (unpaired) electrons. The Bertz CT molecular complexity index is 1280. The number of carbonyl (C=O) groups excluding carboxylic acids is 2. The van der Waals surface area contributed by atoms with Gasteiger partial charge in [-0.3, -0.25) is 19.1 Å². The fourth-order valence-electron chi connectivity index (χ4n) is 4.09. The highest BCUT2D eigenvalue weighted by molar-refractivity contribution is 6.30. The van der Waals surface area contributed by atoms with Crippen LogP contribution >= 0.6 is 11.6 Å². The summed E-state index contributed by atoms with van der Waals surface area (Å²) in [4.78, 5) is 32.8. The zero-order valence-electron chi connectivity index (χ0n) is 17.2. The van der Waals surface area contributed by atoms with E-state index in [1.54, 1.807) is 29.2 Å². The number of hydrogen-bond donors (Lipinski definition) is 1. The minimum absolute atomic E-state index is 0.0710. The van der Waals surface area contributed by atoms with Crippen LogP contribution < -0.4 is 10.2 Å². The van der Waals surface area contributed by atoms with E-state index in [1.807, 2.05) is 59.2 Å². The van der Waals surface area contributed by atoms with Gasteiger partial charge in [0.25, 0.3) is 0 Å². The summed E-state index contributed by atoms with van der Waals surface area (Å²) in [6, 6.07) is 23.9. The number of carbonyl (C=O) groups is 2. The molecule has 3 aromatic carbocycles. The lowest BCUT2D eigenvalue weighted by atomic mass is 10.1. The first-order chi connectivity index (χ1) is 15.6. The van der Waals surface area contributed by atoms with Crippen LogP contribution in [-0.2, 0) is 16.0 Å². The van der Waals surface area contributed by atoms with Crippen LogP contribution in [0.25, 0.3) is 11.0 Å². The van der Waals surface area contributed by atoms with Gasteiger partial charge in [-0.05, 0) is 48.4 Å². The number of imidazole rings is 1. The maximum atomic E-state index is 13.2. The van der Waals surface area contributed by atoms with E-state index in [0.29, 0.717) is 29.6 Å². The molecule has 2 amide bonds. The number of amides is 2. The molecule has 1 aliphatic rings. The number of halogens is 1. The van der Waals surface area contributed by atoms with Crippen molar-refractivity contribution < 1.29 is 9.59 Å². The number of nitrogens with zero attached hydrogens (tertiary/aromatic N) is 3. The Morgan fingerprint density at radius 1 is 1.00 bits per heavy atom. The van der Waals surface area contributed by atoms with Crippen molar-refractivity contribution in [2.75, 3.05) is 16.8 Å². The third-order valence-corrected chi connectivity index (χ3v) is 5.93. The van der Waals surface area contributed by atoms with Crippen molar-refractivity contribution in [2.24, 2.45) is 0 Å². The van der Waals surface area contributed by atoms with Gasteiger partial charge in [0.2, 0.25) is 17.8 Å². The summed E-state index contributed by atoms with van der Waals surface area (Å²) in [5.74, 6) is 0.141. The van der Waals surface area contributed by atoms with E-state index in [4.69, 9.17) is 16.6 Å². The Morgan fingerprint density at radius 3 is 2.50 bits per heavy atom. The molecule has 7 heteroatoms. The number of anilines is 2. The van der Waals surface area contributed by atoms with Gasteiger partial charge in [-0.2, -0.15) is 0 Å². The van der Waals surface area contributed by atoms with Crippen molar-refractivity contribution >= 4 is 46.1 Å². The SMILES string of the molecule is O=C(Nc1ccc(Cl)cc1)[C@@H]1CC(=O)N(CCc2ccccc2)c2nc3ccccc3n21. The average Bonchev–Trinajstić information content (AvgIpc) is 3.19. The molecule has 0 unspecified atom stereocenters. The van der Waals surface area contributed by atoms with E-state index in [-0.39, 0.29) is 18.2 Å². The van der Waals surface area contributed by atoms with Gasteiger partial charge in [0.15, 0.2) is 0 Å². The summed E-state index contributed by atoms with van der Waals surface area (Å²) in [6.45, 7) is 0.498. The summed E-state index contributed by atoms with van der Waals surface area (Å²) < 4.78 is 1.88. The Labute approximate surface area is 190 Å². The quantitative estimate of drug-likeness (QED) is 0.478. The largest absolute Gasteiger partial charge is 0.324 e. The maximum absolute atomic E-state index is 13.2. The van der Waals surface area contributed by atoms with Crippen molar-refractivity contribution in [3.05, 3.63) is 89.4 Å². The molecule has 1 aromatic heterocycles. The van der Waals surface area contributed by atoms with E-state index in [0.717, 1.165) is 16.6 Å². The Morgan fingerprint density at radius 2 is 1.72 bits per heavy atom. The van der Waals surface area contributed by atoms with Gasteiger partial charge in [-0.1, -0.05) is 54.1 Å². The highest BCUT2D eigenvalue weighted by Gasteiger charge is 2.37. The lowest BCUT2D eigenvalue weighted by molar-refractivity contribution is -0.126. The molecule has 0 fully saturated rings. The zero-order valence-corrected chi connectivity index (χ0v) is 18.0. The molecule has 2 heterocycles. The van der Waals surface area contributed by atoms with Gasteiger partial charge >= 0.3 is 0 Å². The van der Waals surface area contributed by atoms with E-state index in [2.05, 4.69) is 5.32 Å². The van der Waals surface area contributed by atoms with Gasteiger partial charge in [-0.25, -0.2) is 4.98 Å². The summed E-state index contributed by atoms with van der Waals surface area (Å²) >= 11 is 5.95. The van der Waals surface area contributed by atoms with Crippen LogP contribution in [0, 0.1) is 0 Å². The second-order valence-electron chi connectivity index (χ2n) is 7.77. The second-order valence-corrected chi connectivity index (χ2v) is 8.20. The molecular weight excluding hydrogens is 424 g/mol. The van der Waals surface area contributed by atoms with Crippen LogP contribution in [0.4, 0.5) is 11.6 Å². The minimum atomic E-state index is -0.687. The first-order valence-electron chi connectivity index (χ1n) is 10.5. The topological polar surface area (TPSA) is 67.2 Å². The molecule has 6 nitrogen and oxygen atoms in total. The molecule has 0 spiro atoms. The van der Waals surface area contributed by atoms with Crippen LogP contribution in [0.15, 0.2) is 78.9 Å². The number of rotatable bonds is 5. The molecule has 1 atom stereocenters. The number of hydrogen-bond acceptors (Lipinski definition) is 3. The predicted molar refractivity (Wildman–Crippen MR) is 126 cm³/mol. The van der Waals surface area contributed by atoms with E-state index >= 15 is 0 Å². The maximum Gasteiger partial charge on any atom is 0.248 e. The molecule has 0 saturated heterocycles. The number of para-hydroxylation sites is 2. The van der Waals surface area contributed by atoms with Gasteiger partial charge in [0, 0.05) is 17.3 Å². The molecule has 4 aromatic rings. The van der Waals surface area contributed by atoms with Crippen LogP contribution in [0.3, 0.4) is 0 Å². The summed E-state index contributed by atoms with van der Waals surface area (Å²) in [6.07, 6.45) is 0.777. The first-order valence-corrected chi connectivity index (χ1v) is 10.9. The summed E-state index contributed by atoms with van der Waals surface area (Å²) in [5, 5.41) is 3.50. The van der Waals surface area contributed by atoms with Crippen LogP contribution in [0.5, 0.6) is 0 Å². The molecule has 5 rings (SSSR count). The number of nitrogens with one attached hydrogen (secondary N) is 1. The smallest absolute Gasteiger partial charge is 0.248 e. The van der Waals surface area contributed by atoms with Gasteiger partial charge in [0.05, 0.1) is 17.5 Å². The van der Waals surface area contributed by atoms with E-state index in [1.165, 1.54) is 0 Å². The van der Waals surface area contributed by atoms with Crippen molar-refractivity contribution in [1.29, 1.82) is 0 Å². The third-order valence-electron chi connectivity index (χ3n) is 5.68. The number of benzene rings is 3. The van der Waals surface area contributed by atoms with Crippen LogP contribution in [-0.4, -0.2) is 27.9 Å². The monoisotopic (exact) mass is 444 g/mol. The highest BCUT2D eigenvalue weighted by Crippen LogP contribution is 2.34. The fourth-order valence-corrected chi connectivity index (χ4v) is 4.21. The van der Waals surface area contributed by atoms with Crippen molar-refractivity contribution in [1.82, 2.24) is 9.55 Å². The molecule has 0 saturated carbocycles.